The van der Waals surface area contributed by atoms with Crippen LogP contribution in [0.3, 0.4) is 0 Å². The number of hydrogen-bond donors (Lipinski definition) is 1. The minimum atomic E-state index is 0.111. The van der Waals surface area contributed by atoms with Crippen LogP contribution >= 0.6 is 0 Å². The second-order valence-corrected chi connectivity index (χ2v) is 8.07. The van der Waals surface area contributed by atoms with Gasteiger partial charge in [0.2, 0.25) is 5.91 Å². The monoisotopic (exact) mass is 386 g/mol. The number of aryl methyl sites for hydroxylation is 1. The molecular formula is C26H30N2O. The van der Waals surface area contributed by atoms with Crippen LogP contribution in [0.25, 0.3) is 10.8 Å². The van der Waals surface area contributed by atoms with Crippen molar-refractivity contribution in [1.82, 2.24) is 10.2 Å². The first-order valence-corrected chi connectivity index (χ1v) is 10.8. The number of hydrogen-bond acceptors (Lipinski definition) is 2. The summed E-state index contributed by atoms with van der Waals surface area (Å²) in [5.41, 5.74) is 3.76. The van der Waals surface area contributed by atoms with Crippen molar-refractivity contribution in [2.75, 3.05) is 13.1 Å². The fourth-order valence-corrected chi connectivity index (χ4v) is 4.26. The smallest absolute Gasteiger partial charge is 0.220 e. The van der Waals surface area contributed by atoms with E-state index in [0.29, 0.717) is 13.0 Å². The second-order valence-electron chi connectivity index (χ2n) is 8.07. The van der Waals surface area contributed by atoms with Crippen LogP contribution in [0.15, 0.2) is 66.7 Å². The number of rotatable bonds is 7. The van der Waals surface area contributed by atoms with Gasteiger partial charge in [-0.25, -0.2) is 0 Å². The molecule has 0 saturated carbocycles. The van der Waals surface area contributed by atoms with E-state index in [0.717, 1.165) is 13.0 Å². The van der Waals surface area contributed by atoms with Gasteiger partial charge in [0, 0.05) is 19.5 Å². The molecule has 3 nitrogen and oxygen atoms in total. The first kappa shape index (κ1) is 19.7. The fraction of sp³-hybridized carbons (Fsp3) is 0.346. The van der Waals surface area contributed by atoms with E-state index < -0.39 is 0 Å². The Morgan fingerprint density at radius 1 is 0.862 bits per heavy atom. The lowest BCUT2D eigenvalue weighted by atomic mass is 10.0. The quantitative estimate of drug-likeness (QED) is 0.614. The van der Waals surface area contributed by atoms with Gasteiger partial charge in [0.25, 0.3) is 0 Å². The maximum Gasteiger partial charge on any atom is 0.220 e. The Balaban J connectivity index is 1.28. The number of carbonyl (C=O) groups is 1. The Morgan fingerprint density at radius 3 is 2.52 bits per heavy atom. The second kappa shape index (κ2) is 9.71. The molecule has 150 valence electrons. The van der Waals surface area contributed by atoms with Crippen LogP contribution in [0.4, 0.5) is 0 Å². The van der Waals surface area contributed by atoms with Crippen molar-refractivity contribution >= 4 is 16.7 Å². The molecule has 0 bridgehead atoms. The van der Waals surface area contributed by atoms with Crippen LogP contribution in [-0.4, -0.2) is 23.9 Å². The summed E-state index contributed by atoms with van der Waals surface area (Å²) in [5.74, 6) is 0.111. The lowest BCUT2D eigenvalue weighted by molar-refractivity contribution is -0.121. The Morgan fingerprint density at radius 2 is 1.62 bits per heavy atom. The van der Waals surface area contributed by atoms with Gasteiger partial charge in [-0.1, -0.05) is 73.2 Å². The summed E-state index contributed by atoms with van der Waals surface area (Å²) >= 11 is 0. The van der Waals surface area contributed by atoms with Crippen molar-refractivity contribution in [2.45, 2.75) is 45.2 Å². The highest BCUT2D eigenvalue weighted by molar-refractivity contribution is 5.86. The van der Waals surface area contributed by atoms with E-state index in [4.69, 9.17) is 0 Å². The van der Waals surface area contributed by atoms with Gasteiger partial charge in [-0.05, 0) is 59.8 Å². The molecule has 29 heavy (non-hydrogen) atoms. The van der Waals surface area contributed by atoms with Gasteiger partial charge in [-0.15, -0.1) is 0 Å². The highest BCUT2D eigenvalue weighted by atomic mass is 16.1. The van der Waals surface area contributed by atoms with Gasteiger partial charge < -0.3 is 5.32 Å². The van der Waals surface area contributed by atoms with Crippen molar-refractivity contribution in [3.63, 3.8) is 0 Å². The van der Waals surface area contributed by atoms with E-state index >= 15 is 0 Å². The summed E-state index contributed by atoms with van der Waals surface area (Å²) in [6, 6.07) is 23.3. The number of nitrogens with one attached hydrogen (secondary N) is 1. The number of nitrogens with zero attached hydrogens (tertiary/aromatic N) is 1. The minimum Gasteiger partial charge on any atom is -0.352 e. The van der Waals surface area contributed by atoms with E-state index in [9.17, 15) is 4.79 Å². The van der Waals surface area contributed by atoms with Crippen LogP contribution in [0.5, 0.6) is 0 Å². The van der Waals surface area contributed by atoms with Gasteiger partial charge in [0.15, 0.2) is 0 Å². The summed E-state index contributed by atoms with van der Waals surface area (Å²) < 4.78 is 0. The normalized spacial score (nSPS) is 14.8. The highest BCUT2D eigenvalue weighted by Gasteiger charge is 2.11. The third-order valence-corrected chi connectivity index (χ3v) is 5.84. The van der Waals surface area contributed by atoms with Gasteiger partial charge in [-0.3, -0.25) is 9.69 Å². The number of fused-ring (bicyclic) bond motifs is 1. The molecule has 3 heteroatoms. The van der Waals surface area contributed by atoms with E-state index in [1.807, 2.05) is 0 Å². The average Bonchev–Trinajstić information content (AvgIpc) is 2.77. The van der Waals surface area contributed by atoms with Gasteiger partial charge in [0.1, 0.15) is 0 Å². The van der Waals surface area contributed by atoms with Crippen molar-refractivity contribution in [3.8, 4) is 0 Å². The number of benzene rings is 3. The molecule has 1 aliphatic rings. The zero-order valence-corrected chi connectivity index (χ0v) is 17.1. The summed E-state index contributed by atoms with van der Waals surface area (Å²) in [6.45, 7) is 4.02. The molecule has 1 heterocycles. The zero-order chi connectivity index (χ0) is 19.9. The Labute approximate surface area is 173 Å². The largest absolute Gasteiger partial charge is 0.352 e. The topological polar surface area (TPSA) is 32.3 Å². The fourth-order valence-electron chi connectivity index (χ4n) is 4.26. The van der Waals surface area contributed by atoms with Crippen LogP contribution in [0.1, 0.15) is 42.4 Å². The van der Waals surface area contributed by atoms with E-state index in [1.165, 1.54) is 59.8 Å². The molecular weight excluding hydrogens is 356 g/mol. The maximum absolute atomic E-state index is 12.4. The SMILES string of the molecule is O=C(CCc1cccc2ccccc12)NCc1cccc(CN2CCCCC2)c1. The van der Waals surface area contributed by atoms with Crippen molar-refractivity contribution < 1.29 is 4.79 Å². The molecule has 0 aliphatic carbocycles. The lowest BCUT2D eigenvalue weighted by Gasteiger charge is -2.26. The van der Waals surface area contributed by atoms with Gasteiger partial charge >= 0.3 is 0 Å². The summed E-state index contributed by atoms with van der Waals surface area (Å²) in [5, 5.41) is 5.57. The standard InChI is InChI=1S/C26H30N2O/c29-26(15-14-24-12-7-11-23-10-2-3-13-25(23)24)27-19-21-8-6-9-22(18-21)20-28-16-4-1-5-17-28/h2-3,6-13,18H,1,4-5,14-17,19-20H2,(H,27,29). The molecule has 0 aromatic heterocycles. The predicted octanol–water partition coefficient (Wildman–Crippen LogP) is 5.07. The first-order valence-electron chi connectivity index (χ1n) is 10.8. The zero-order valence-electron chi connectivity index (χ0n) is 17.1. The number of carbonyl (C=O) groups excluding carboxylic acids is 1. The van der Waals surface area contributed by atoms with Gasteiger partial charge in [0.05, 0.1) is 0 Å². The molecule has 3 aromatic carbocycles. The van der Waals surface area contributed by atoms with E-state index in [2.05, 4.69) is 76.9 Å². The van der Waals surface area contributed by atoms with Crippen LogP contribution in [0.2, 0.25) is 0 Å². The first-order chi connectivity index (χ1) is 14.3. The summed E-state index contributed by atoms with van der Waals surface area (Å²) in [7, 11) is 0. The van der Waals surface area contributed by atoms with Crippen LogP contribution in [0, 0.1) is 0 Å². The predicted molar refractivity (Wildman–Crippen MR) is 120 cm³/mol. The van der Waals surface area contributed by atoms with Crippen molar-refractivity contribution in [3.05, 3.63) is 83.4 Å². The minimum absolute atomic E-state index is 0.111. The van der Waals surface area contributed by atoms with Crippen molar-refractivity contribution in [2.24, 2.45) is 0 Å². The third kappa shape index (κ3) is 5.45. The molecule has 0 unspecified atom stereocenters. The lowest BCUT2D eigenvalue weighted by Crippen LogP contribution is -2.29. The number of amides is 1. The molecule has 1 aliphatic heterocycles. The highest BCUT2D eigenvalue weighted by Crippen LogP contribution is 2.20. The van der Waals surface area contributed by atoms with E-state index in [1.54, 1.807) is 0 Å². The third-order valence-electron chi connectivity index (χ3n) is 5.84. The molecule has 1 fully saturated rings. The Kier molecular flexibility index (Phi) is 6.58. The molecule has 3 aromatic rings. The number of likely N-dealkylation sites (tertiary alicyclic amines) is 1. The molecule has 1 saturated heterocycles. The molecule has 0 atom stereocenters. The van der Waals surface area contributed by atoms with Gasteiger partial charge in [-0.2, -0.15) is 0 Å². The van der Waals surface area contributed by atoms with E-state index in [-0.39, 0.29) is 5.91 Å². The molecule has 0 radical (unpaired) electrons. The maximum atomic E-state index is 12.4. The summed E-state index contributed by atoms with van der Waals surface area (Å²) in [4.78, 5) is 14.9. The summed E-state index contributed by atoms with van der Waals surface area (Å²) in [6.07, 6.45) is 5.27. The average molecular weight is 387 g/mol. The molecule has 1 N–H and O–H groups in total. The molecule has 1 amide bonds. The Bertz CT molecular complexity index is 954. The number of piperidine rings is 1. The van der Waals surface area contributed by atoms with Crippen LogP contribution in [-0.2, 0) is 24.3 Å². The molecule has 4 rings (SSSR count). The Hall–Kier alpha value is -2.65. The molecule has 0 spiro atoms. The van der Waals surface area contributed by atoms with Crippen LogP contribution < -0.4 is 5.32 Å². The van der Waals surface area contributed by atoms with Crippen molar-refractivity contribution in [1.29, 1.82) is 0 Å².